The summed E-state index contributed by atoms with van der Waals surface area (Å²) in [5.41, 5.74) is 1.12. The second-order valence-electron chi connectivity index (χ2n) is 5.56. The number of aliphatic carboxylic acids is 1. The van der Waals surface area contributed by atoms with E-state index < -0.39 is 5.97 Å². The zero-order valence-corrected chi connectivity index (χ0v) is 13.2. The normalized spacial score (nSPS) is 24.0. The van der Waals surface area contributed by atoms with Gasteiger partial charge >= 0.3 is 5.97 Å². The van der Waals surface area contributed by atoms with Gasteiger partial charge in [0.25, 0.3) is 0 Å². The van der Waals surface area contributed by atoms with Gasteiger partial charge in [0.1, 0.15) is 0 Å². The summed E-state index contributed by atoms with van der Waals surface area (Å²) in [7, 11) is 0. The first-order chi connectivity index (χ1) is 10.1. The molecule has 1 aliphatic carbocycles. The van der Waals surface area contributed by atoms with Gasteiger partial charge in [0, 0.05) is 17.1 Å². The summed E-state index contributed by atoms with van der Waals surface area (Å²) < 4.78 is 11.7. The summed E-state index contributed by atoms with van der Waals surface area (Å²) >= 11 is 3.55. The Morgan fingerprint density at radius 2 is 1.90 bits per heavy atom. The number of benzene rings is 1. The van der Waals surface area contributed by atoms with E-state index in [1.165, 1.54) is 0 Å². The largest absolute Gasteiger partial charge is 0.481 e. The highest BCUT2D eigenvalue weighted by Crippen LogP contribution is 2.37. The SMILES string of the molecule is O=C(O)C1CCC(NCc2cc3c(cc2Br)OCO3)CC1. The van der Waals surface area contributed by atoms with Crippen molar-refractivity contribution in [3.05, 3.63) is 22.2 Å². The molecule has 0 spiro atoms. The van der Waals surface area contributed by atoms with Crippen LogP contribution in [0, 0.1) is 5.92 Å². The monoisotopic (exact) mass is 355 g/mol. The first kappa shape index (κ1) is 14.7. The molecule has 21 heavy (non-hydrogen) atoms. The van der Waals surface area contributed by atoms with Crippen molar-refractivity contribution in [2.24, 2.45) is 5.92 Å². The average Bonchev–Trinajstić information content (AvgIpc) is 2.92. The van der Waals surface area contributed by atoms with Crippen molar-refractivity contribution in [3.8, 4) is 11.5 Å². The number of nitrogens with one attached hydrogen (secondary N) is 1. The standard InChI is InChI=1S/C15H18BrNO4/c16-12-6-14-13(20-8-21-14)5-10(12)7-17-11-3-1-9(2-4-11)15(18)19/h5-6,9,11,17H,1-4,7-8H2,(H,18,19). The van der Waals surface area contributed by atoms with Crippen LogP contribution in [0.15, 0.2) is 16.6 Å². The molecular formula is C15H18BrNO4. The second kappa shape index (κ2) is 6.23. The molecule has 1 aromatic rings. The zero-order chi connectivity index (χ0) is 14.8. The summed E-state index contributed by atoms with van der Waals surface area (Å²) in [5, 5.41) is 12.5. The highest BCUT2D eigenvalue weighted by atomic mass is 79.9. The molecule has 3 rings (SSSR count). The third kappa shape index (κ3) is 3.32. The van der Waals surface area contributed by atoms with E-state index in [2.05, 4.69) is 21.2 Å². The van der Waals surface area contributed by atoms with Crippen molar-refractivity contribution in [1.82, 2.24) is 5.32 Å². The lowest BCUT2D eigenvalue weighted by Gasteiger charge is -2.27. The fourth-order valence-electron chi connectivity index (χ4n) is 2.89. The quantitative estimate of drug-likeness (QED) is 0.868. The number of hydrogen-bond donors (Lipinski definition) is 2. The average molecular weight is 356 g/mol. The Balaban J connectivity index is 1.55. The molecule has 0 bridgehead atoms. The van der Waals surface area contributed by atoms with Crippen molar-refractivity contribution in [1.29, 1.82) is 0 Å². The minimum Gasteiger partial charge on any atom is -0.481 e. The van der Waals surface area contributed by atoms with Crippen molar-refractivity contribution in [2.75, 3.05) is 6.79 Å². The molecule has 0 saturated heterocycles. The number of carboxylic acids is 1. The molecule has 0 aromatic heterocycles. The van der Waals surface area contributed by atoms with E-state index in [0.29, 0.717) is 6.04 Å². The van der Waals surface area contributed by atoms with Crippen LogP contribution in [0.2, 0.25) is 0 Å². The smallest absolute Gasteiger partial charge is 0.306 e. The Hall–Kier alpha value is -1.27. The Labute approximate surface area is 131 Å². The molecule has 2 aliphatic rings. The third-order valence-electron chi connectivity index (χ3n) is 4.20. The summed E-state index contributed by atoms with van der Waals surface area (Å²) in [5.74, 6) is 0.726. The van der Waals surface area contributed by atoms with Crippen molar-refractivity contribution in [2.45, 2.75) is 38.3 Å². The number of carbonyl (C=O) groups is 1. The molecule has 0 amide bonds. The Morgan fingerprint density at radius 1 is 1.24 bits per heavy atom. The lowest BCUT2D eigenvalue weighted by molar-refractivity contribution is -0.142. The lowest BCUT2D eigenvalue weighted by atomic mass is 9.86. The molecule has 0 unspecified atom stereocenters. The van der Waals surface area contributed by atoms with Gasteiger partial charge in [-0.05, 0) is 43.4 Å². The van der Waals surface area contributed by atoms with Crippen LogP contribution in [0.3, 0.4) is 0 Å². The highest BCUT2D eigenvalue weighted by Gasteiger charge is 2.25. The van der Waals surface area contributed by atoms with Crippen LogP contribution in [-0.4, -0.2) is 23.9 Å². The number of hydrogen-bond acceptors (Lipinski definition) is 4. The number of fused-ring (bicyclic) bond motifs is 1. The predicted molar refractivity (Wildman–Crippen MR) is 80.5 cm³/mol. The van der Waals surface area contributed by atoms with E-state index in [1.807, 2.05) is 12.1 Å². The van der Waals surface area contributed by atoms with Crippen LogP contribution in [0.1, 0.15) is 31.2 Å². The number of rotatable bonds is 4. The van der Waals surface area contributed by atoms with E-state index in [9.17, 15) is 4.79 Å². The van der Waals surface area contributed by atoms with Crippen LogP contribution < -0.4 is 14.8 Å². The summed E-state index contributed by atoms with van der Waals surface area (Å²) in [4.78, 5) is 10.9. The fraction of sp³-hybridized carbons (Fsp3) is 0.533. The molecule has 2 N–H and O–H groups in total. The first-order valence-electron chi connectivity index (χ1n) is 7.17. The predicted octanol–water partition coefficient (Wildman–Crippen LogP) is 2.91. The van der Waals surface area contributed by atoms with Crippen LogP contribution in [0.25, 0.3) is 0 Å². The van der Waals surface area contributed by atoms with Gasteiger partial charge in [-0.25, -0.2) is 0 Å². The van der Waals surface area contributed by atoms with E-state index in [0.717, 1.165) is 53.8 Å². The molecule has 1 aliphatic heterocycles. The van der Waals surface area contributed by atoms with E-state index in [-0.39, 0.29) is 12.7 Å². The molecular weight excluding hydrogens is 338 g/mol. The molecule has 1 saturated carbocycles. The van der Waals surface area contributed by atoms with Gasteiger partial charge in [-0.15, -0.1) is 0 Å². The molecule has 0 atom stereocenters. The van der Waals surface area contributed by atoms with Gasteiger partial charge in [-0.1, -0.05) is 15.9 Å². The van der Waals surface area contributed by atoms with Gasteiger partial charge in [-0.3, -0.25) is 4.79 Å². The summed E-state index contributed by atoms with van der Waals surface area (Å²) in [6.45, 7) is 1.01. The molecule has 1 aromatic carbocycles. The van der Waals surface area contributed by atoms with Crippen LogP contribution >= 0.6 is 15.9 Å². The maximum absolute atomic E-state index is 10.9. The molecule has 1 heterocycles. The van der Waals surface area contributed by atoms with Crippen LogP contribution in [-0.2, 0) is 11.3 Å². The van der Waals surface area contributed by atoms with Gasteiger partial charge in [-0.2, -0.15) is 0 Å². The molecule has 1 fully saturated rings. The minimum absolute atomic E-state index is 0.166. The Bertz CT molecular complexity index is 541. The van der Waals surface area contributed by atoms with Crippen molar-refractivity contribution in [3.63, 3.8) is 0 Å². The lowest BCUT2D eigenvalue weighted by Crippen LogP contribution is -2.34. The Morgan fingerprint density at radius 3 is 2.57 bits per heavy atom. The fourth-order valence-corrected chi connectivity index (χ4v) is 3.36. The summed E-state index contributed by atoms with van der Waals surface area (Å²) in [6.07, 6.45) is 3.35. The number of ether oxygens (including phenoxy) is 2. The van der Waals surface area contributed by atoms with Crippen molar-refractivity contribution >= 4 is 21.9 Å². The van der Waals surface area contributed by atoms with Gasteiger partial charge < -0.3 is 19.9 Å². The zero-order valence-electron chi connectivity index (χ0n) is 11.6. The number of carboxylic acid groups (broad SMARTS) is 1. The van der Waals surface area contributed by atoms with Crippen LogP contribution in [0.5, 0.6) is 11.5 Å². The third-order valence-corrected chi connectivity index (χ3v) is 4.94. The first-order valence-corrected chi connectivity index (χ1v) is 7.97. The van der Waals surface area contributed by atoms with E-state index in [4.69, 9.17) is 14.6 Å². The maximum atomic E-state index is 10.9. The Kier molecular flexibility index (Phi) is 4.35. The van der Waals surface area contributed by atoms with E-state index >= 15 is 0 Å². The highest BCUT2D eigenvalue weighted by molar-refractivity contribution is 9.10. The molecule has 5 nitrogen and oxygen atoms in total. The van der Waals surface area contributed by atoms with Gasteiger partial charge in [0.05, 0.1) is 5.92 Å². The van der Waals surface area contributed by atoms with Gasteiger partial charge in [0.15, 0.2) is 11.5 Å². The van der Waals surface area contributed by atoms with Crippen molar-refractivity contribution < 1.29 is 19.4 Å². The minimum atomic E-state index is -0.660. The molecule has 114 valence electrons. The van der Waals surface area contributed by atoms with Crippen LogP contribution in [0.4, 0.5) is 0 Å². The summed E-state index contributed by atoms with van der Waals surface area (Å²) in [6, 6.07) is 4.31. The van der Waals surface area contributed by atoms with E-state index in [1.54, 1.807) is 0 Å². The topological polar surface area (TPSA) is 67.8 Å². The molecule has 6 heteroatoms. The molecule has 0 radical (unpaired) electrons. The maximum Gasteiger partial charge on any atom is 0.306 e. The van der Waals surface area contributed by atoms with Gasteiger partial charge in [0.2, 0.25) is 6.79 Å². The second-order valence-corrected chi connectivity index (χ2v) is 6.42. The number of halogens is 1.